The molecular weight excluding hydrogens is 765 g/mol. The van der Waals surface area contributed by atoms with Crippen LogP contribution in [0.5, 0.6) is 11.5 Å². The summed E-state index contributed by atoms with van der Waals surface area (Å²) in [5, 5.41) is 32.0. The maximum atomic E-state index is 12.4. The fraction of sp³-hybridized carbons (Fsp3) is 0.517. The van der Waals surface area contributed by atoms with Crippen molar-refractivity contribution in [2.24, 2.45) is 5.73 Å². The van der Waals surface area contributed by atoms with Crippen LogP contribution in [0.2, 0.25) is 0 Å². The highest BCUT2D eigenvalue weighted by molar-refractivity contribution is 8.08. The minimum Gasteiger partial charge on any atom is -0.508 e. The summed E-state index contributed by atoms with van der Waals surface area (Å²) < 4.78 is 37.7. The molecule has 0 radical (unpaired) electrons. The molecular formula is C29H45Cl3N4O12P2. The van der Waals surface area contributed by atoms with Crippen LogP contribution in [0.25, 0.3) is 0 Å². The molecule has 1 unspecified atom stereocenters. The van der Waals surface area contributed by atoms with E-state index >= 15 is 0 Å². The van der Waals surface area contributed by atoms with E-state index < -0.39 is 41.3 Å². The average Bonchev–Trinajstić information content (AvgIpc) is 2.92. The van der Waals surface area contributed by atoms with E-state index in [2.05, 4.69) is 5.09 Å². The van der Waals surface area contributed by atoms with Gasteiger partial charge in [0.05, 0.1) is 9.85 Å². The number of nitrogens with two attached hydrogens (primary N) is 1. The van der Waals surface area contributed by atoms with Crippen molar-refractivity contribution >= 4 is 71.6 Å². The number of carbonyl (C=O) groups excluding carboxylic acids is 2. The zero-order valence-electron chi connectivity index (χ0n) is 27.1. The average molecular weight is 810 g/mol. The molecule has 21 heteroatoms. The van der Waals surface area contributed by atoms with Gasteiger partial charge < -0.3 is 24.8 Å². The predicted molar refractivity (Wildman–Crippen MR) is 195 cm³/mol. The van der Waals surface area contributed by atoms with E-state index in [1.54, 1.807) is 13.8 Å². The number of ether oxygens (including phenoxy) is 2. The van der Waals surface area contributed by atoms with Gasteiger partial charge in [0, 0.05) is 37.6 Å². The zero-order chi connectivity index (χ0) is 36.7. The third kappa shape index (κ3) is 22.0. The van der Waals surface area contributed by atoms with E-state index in [-0.39, 0.29) is 60.9 Å². The molecule has 50 heavy (non-hydrogen) atoms. The van der Waals surface area contributed by atoms with Gasteiger partial charge in [-0.1, -0.05) is 7.43 Å². The van der Waals surface area contributed by atoms with Crippen molar-refractivity contribution < 1.29 is 47.7 Å². The lowest BCUT2D eigenvalue weighted by Crippen LogP contribution is -2.37. The summed E-state index contributed by atoms with van der Waals surface area (Å²) in [6, 6.07) is 9.01. The van der Waals surface area contributed by atoms with Crippen LogP contribution in [0.3, 0.4) is 0 Å². The minimum absolute atomic E-state index is 0. The van der Waals surface area contributed by atoms with Crippen LogP contribution in [-0.4, -0.2) is 64.5 Å². The van der Waals surface area contributed by atoms with Gasteiger partial charge in [-0.25, -0.2) is 5.09 Å². The second-order valence-corrected chi connectivity index (χ2v) is 18.8. The number of rotatable bonds is 10. The molecule has 0 spiro atoms. The summed E-state index contributed by atoms with van der Waals surface area (Å²) in [6.07, 6.45) is 6.10. The molecule has 16 nitrogen and oxygen atoms in total. The monoisotopic (exact) mass is 808 g/mol. The van der Waals surface area contributed by atoms with E-state index in [1.807, 2.05) is 0 Å². The fourth-order valence-corrected chi connectivity index (χ4v) is 4.74. The molecule has 0 aliphatic heterocycles. The maximum Gasteiger partial charge on any atom is 0.323 e. The highest BCUT2D eigenvalue weighted by atomic mass is 35.9. The Balaban J connectivity index is 0. The highest BCUT2D eigenvalue weighted by Crippen LogP contribution is 2.52. The Bertz CT molecular complexity index is 1450. The van der Waals surface area contributed by atoms with E-state index in [4.69, 9.17) is 47.3 Å². The quantitative estimate of drug-likeness (QED) is 0.0893. The summed E-state index contributed by atoms with van der Waals surface area (Å²) in [4.78, 5) is 42.2. The number of phenols is 1. The number of nitrogens with one attached hydrogen (secondary N) is 1. The number of phenolic OH excluding ortho intramolecular Hbond substituents is 1. The molecule has 4 rings (SSSR count). The molecule has 2 saturated carbocycles. The molecule has 0 bridgehead atoms. The lowest BCUT2D eigenvalue weighted by Gasteiger charge is -2.27. The molecule has 2 aliphatic rings. The number of nitro benzene ring substituents is 2. The second kappa shape index (κ2) is 23.5. The largest absolute Gasteiger partial charge is 0.508 e. The van der Waals surface area contributed by atoms with Crippen molar-refractivity contribution in [3.8, 4) is 11.5 Å². The van der Waals surface area contributed by atoms with Gasteiger partial charge in [0.15, 0.2) is 0 Å². The van der Waals surface area contributed by atoms with Gasteiger partial charge in [-0.2, -0.15) is 0 Å². The number of hydrogen-bond donors (Lipinski definition) is 3. The first-order valence-electron chi connectivity index (χ1n) is 14.5. The smallest absolute Gasteiger partial charge is 0.323 e. The first kappa shape index (κ1) is 49.1. The fourth-order valence-electron chi connectivity index (χ4n) is 3.35. The maximum absolute atomic E-state index is 12.4. The number of hydrogen-bond acceptors (Lipinski definition) is 13. The van der Waals surface area contributed by atoms with Crippen LogP contribution in [0.4, 0.5) is 11.4 Å². The third-order valence-electron chi connectivity index (χ3n) is 6.21. The molecule has 4 N–H and O–H groups in total. The molecule has 0 amide bonds. The van der Waals surface area contributed by atoms with Crippen molar-refractivity contribution in [2.75, 3.05) is 13.3 Å². The Labute approximate surface area is 306 Å². The number of nitrogens with zero attached hydrogens (tertiary/aromatic N) is 2. The number of aromatic hydroxyl groups is 1. The number of esters is 2. The SMILES string of the molecule is C.CP(=O)(Cl)Cl.C[C@H](N)C(=O)OC1CCC1.C[C@H](NP(C)(=O)Oc1ccc([N+](=O)[O-])cc1)C(=O)OC1CCC1.Cl.O=[N+]([O-])c1ccc(O)cc1. The van der Waals surface area contributed by atoms with Crippen LogP contribution >= 0.6 is 48.3 Å². The Morgan fingerprint density at radius 2 is 1.22 bits per heavy atom. The summed E-state index contributed by atoms with van der Waals surface area (Å²) in [5.74, 6) is -3.19. The molecule has 2 aromatic carbocycles. The van der Waals surface area contributed by atoms with Gasteiger partial charge >= 0.3 is 19.5 Å². The van der Waals surface area contributed by atoms with Gasteiger partial charge in [0.1, 0.15) is 35.8 Å². The standard InChI is InChI=1S/C14H19N2O6P.C7H13NO2.C6H5NO3.CH3Cl2OP.CH4.ClH/c1-10(14(17)21-12-4-3-5-12)15-23(2,20)22-13-8-6-11(7-9-13)16(18)19;1-5(8)7(9)10-6-3-2-4-6;8-6-3-1-5(2-4-6)7(9)10;1-5(2,3)4;;/h6-10,12H,3-5H2,1-2H3,(H,15,20);5-6H,2-4,8H2,1H3;1-4,8H;1H3;1H4;1H/t10-,23?;5-;;;;/m00..../s1. The van der Waals surface area contributed by atoms with Crippen molar-refractivity contribution in [3.63, 3.8) is 0 Å². The molecule has 0 saturated heterocycles. The van der Waals surface area contributed by atoms with Gasteiger partial charge in [-0.05, 0) is 99.1 Å². The molecule has 0 aromatic heterocycles. The summed E-state index contributed by atoms with van der Waals surface area (Å²) in [6.45, 7) is 5.80. The third-order valence-corrected chi connectivity index (χ3v) is 7.63. The van der Waals surface area contributed by atoms with Crippen molar-refractivity contribution in [1.82, 2.24) is 5.09 Å². The first-order chi connectivity index (χ1) is 22.2. The van der Waals surface area contributed by atoms with Gasteiger partial charge in [-0.15, -0.1) is 12.4 Å². The second-order valence-electron chi connectivity index (χ2n) is 10.8. The lowest BCUT2D eigenvalue weighted by atomic mass is 9.96. The van der Waals surface area contributed by atoms with Crippen molar-refractivity contribution in [3.05, 3.63) is 68.8 Å². The topological polar surface area (TPSA) is 241 Å². The normalized spacial score (nSPS) is 15.7. The molecule has 2 aliphatic carbocycles. The molecule has 284 valence electrons. The van der Waals surface area contributed by atoms with Gasteiger partial charge in [0.2, 0.25) is 5.85 Å². The molecule has 0 heterocycles. The van der Waals surface area contributed by atoms with Crippen LogP contribution in [0, 0.1) is 20.2 Å². The first-order valence-corrected chi connectivity index (χ1v) is 20.6. The zero-order valence-corrected chi connectivity index (χ0v) is 31.3. The lowest BCUT2D eigenvalue weighted by molar-refractivity contribution is -0.385. The van der Waals surface area contributed by atoms with Crippen LogP contribution in [0.1, 0.15) is 59.8 Å². The van der Waals surface area contributed by atoms with Crippen LogP contribution in [-0.2, 0) is 28.2 Å². The summed E-state index contributed by atoms with van der Waals surface area (Å²) in [7, 11) is -3.32. The predicted octanol–water partition coefficient (Wildman–Crippen LogP) is 7.94. The Hall–Kier alpha value is -2.97. The number of non-ortho nitro benzene ring substituents is 2. The number of carbonyl (C=O) groups is 2. The van der Waals surface area contributed by atoms with E-state index in [0.29, 0.717) is 0 Å². The van der Waals surface area contributed by atoms with Crippen LogP contribution < -0.4 is 15.3 Å². The van der Waals surface area contributed by atoms with Gasteiger partial charge in [-0.3, -0.25) is 38.9 Å². The van der Waals surface area contributed by atoms with E-state index in [1.165, 1.54) is 68.3 Å². The van der Waals surface area contributed by atoms with E-state index in [9.17, 15) is 38.9 Å². The Kier molecular flexibility index (Phi) is 23.1. The number of halogens is 3. The van der Waals surface area contributed by atoms with Crippen molar-refractivity contribution in [2.45, 2.75) is 84.1 Å². The van der Waals surface area contributed by atoms with Crippen LogP contribution in [0.15, 0.2) is 48.5 Å². The summed E-state index contributed by atoms with van der Waals surface area (Å²) in [5.41, 5.74) is 5.18. The number of benzene rings is 2. The number of nitro groups is 2. The molecule has 2 aromatic rings. The van der Waals surface area contributed by atoms with Gasteiger partial charge in [0.25, 0.3) is 11.4 Å². The molecule has 2 fully saturated rings. The Morgan fingerprint density at radius 3 is 1.54 bits per heavy atom. The minimum atomic E-state index is -3.32. The Morgan fingerprint density at radius 1 is 0.860 bits per heavy atom. The van der Waals surface area contributed by atoms with E-state index in [0.717, 1.165) is 32.1 Å². The van der Waals surface area contributed by atoms with Crippen molar-refractivity contribution in [1.29, 1.82) is 0 Å². The summed E-state index contributed by atoms with van der Waals surface area (Å²) >= 11 is 9.70. The highest BCUT2D eigenvalue weighted by Gasteiger charge is 2.29. The molecule has 3 atom stereocenters.